The zero-order chi connectivity index (χ0) is 23.1. The Labute approximate surface area is 217 Å². The highest BCUT2D eigenvalue weighted by molar-refractivity contribution is 7.99. The Bertz CT molecular complexity index is 1130. The molecule has 34 heavy (non-hydrogen) atoms. The van der Waals surface area contributed by atoms with Gasteiger partial charge in [-0.05, 0) is 42.0 Å². The minimum absolute atomic E-state index is 0. The Balaban J connectivity index is 0.00000324. The number of amides is 1. The Kier molecular flexibility index (Phi) is 9.33. The standard InChI is InChI=1S/C28H22Cl2NOP.ClH/c29-27(30)28(31-26(32)21-22-13-5-1-6-14-22)33(23-15-7-2-8-16-23,24-17-9-3-10-18-24)25-19-11-4-12-20-25;/h1-20H,21H2;1H. The molecule has 0 saturated carbocycles. The number of hydrogen-bond donors (Lipinski definition) is 1. The number of carbonyl (C=O) groups is 1. The van der Waals surface area contributed by atoms with E-state index in [4.69, 9.17) is 23.2 Å². The SMILES string of the molecule is O=C(Cc1ccccc1)NC(=C(Cl)Cl)[P+](c1ccccc1)(c1ccccc1)c1ccccc1.[Cl-]. The van der Waals surface area contributed by atoms with Crippen LogP contribution in [0.3, 0.4) is 0 Å². The topological polar surface area (TPSA) is 29.1 Å². The van der Waals surface area contributed by atoms with Crippen molar-refractivity contribution in [3.05, 3.63) is 137 Å². The molecule has 4 aromatic carbocycles. The molecule has 0 aliphatic heterocycles. The van der Waals surface area contributed by atoms with Crippen molar-refractivity contribution in [3.8, 4) is 0 Å². The van der Waals surface area contributed by atoms with Crippen LogP contribution in [0.25, 0.3) is 0 Å². The van der Waals surface area contributed by atoms with Gasteiger partial charge in [0, 0.05) is 0 Å². The molecule has 0 radical (unpaired) electrons. The zero-order valence-electron chi connectivity index (χ0n) is 18.2. The maximum Gasteiger partial charge on any atom is 0.231 e. The van der Waals surface area contributed by atoms with Crippen LogP contribution in [-0.4, -0.2) is 5.91 Å². The van der Waals surface area contributed by atoms with Crippen LogP contribution in [0.1, 0.15) is 5.56 Å². The summed E-state index contributed by atoms with van der Waals surface area (Å²) in [5.74, 6) is -0.165. The summed E-state index contributed by atoms with van der Waals surface area (Å²) in [6.45, 7) is 0. The average molecular weight is 527 g/mol. The first-order valence-corrected chi connectivity index (χ1v) is 13.1. The minimum Gasteiger partial charge on any atom is -1.00 e. The second-order valence-corrected chi connectivity index (χ2v) is 11.8. The van der Waals surface area contributed by atoms with E-state index in [0.717, 1.165) is 21.5 Å². The summed E-state index contributed by atoms with van der Waals surface area (Å²) < 4.78 is 0.0568. The van der Waals surface area contributed by atoms with Gasteiger partial charge < -0.3 is 12.4 Å². The van der Waals surface area contributed by atoms with Gasteiger partial charge in [0.1, 0.15) is 15.9 Å². The lowest BCUT2D eigenvalue weighted by Gasteiger charge is -2.29. The largest absolute Gasteiger partial charge is 1.00 e. The van der Waals surface area contributed by atoms with Crippen molar-refractivity contribution in [1.29, 1.82) is 0 Å². The van der Waals surface area contributed by atoms with Crippen LogP contribution in [0.4, 0.5) is 0 Å². The van der Waals surface area contributed by atoms with Crippen LogP contribution < -0.4 is 33.6 Å². The predicted molar refractivity (Wildman–Crippen MR) is 142 cm³/mol. The number of benzene rings is 4. The lowest BCUT2D eigenvalue weighted by Crippen LogP contribution is -3.00. The fraction of sp³-hybridized carbons (Fsp3) is 0.0357. The molecule has 0 aromatic heterocycles. The third-order valence-corrected chi connectivity index (χ3v) is 10.3. The van der Waals surface area contributed by atoms with Gasteiger partial charge in [-0.15, -0.1) is 0 Å². The molecule has 4 aromatic rings. The fourth-order valence-electron chi connectivity index (χ4n) is 4.00. The molecular weight excluding hydrogens is 504 g/mol. The van der Waals surface area contributed by atoms with Crippen molar-refractivity contribution in [2.75, 3.05) is 0 Å². The minimum atomic E-state index is -2.59. The van der Waals surface area contributed by atoms with Crippen molar-refractivity contribution in [1.82, 2.24) is 5.32 Å². The predicted octanol–water partition coefficient (Wildman–Crippen LogP) is 2.95. The highest BCUT2D eigenvalue weighted by Crippen LogP contribution is 2.63. The molecule has 0 unspecified atom stereocenters. The van der Waals surface area contributed by atoms with Gasteiger partial charge in [0.25, 0.3) is 0 Å². The molecule has 0 heterocycles. The van der Waals surface area contributed by atoms with E-state index in [-0.39, 0.29) is 29.2 Å². The highest BCUT2D eigenvalue weighted by Gasteiger charge is 2.52. The molecule has 2 nitrogen and oxygen atoms in total. The number of halogens is 3. The van der Waals surface area contributed by atoms with Gasteiger partial charge in [-0.1, -0.05) is 108 Å². The molecule has 0 saturated heterocycles. The van der Waals surface area contributed by atoms with E-state index in [1.807, 2.05) is 84.9 Å². The summed E-state index contributed by atoms with van der Waals surface area (Å²) in [6.07, 6.45) is 0.226. The first-order valence-electron chi connectivity index (χ1n) is 10.6. The summed E-state index contributed by atoms with van der Waals surface area (Å²) in [5, 5.41) is 6.28. The molecule has 1 N–H and O–H groups in total. The molecule has 0 bridgehead atoms. The van der Waals surface area contributed by atoms with E-state index in [1.165, 1.54) is 0 Å². The van der Waals surface area contributed by atoms with E-state index in [0.29, 0.717) is 5.44 Å². The molecule has 0 aliphatic rings. The third kappa shape index (κ3) is 5.54. The van der Waals surface area contributed by atoms with Gasteiger partial charge in [0.15, 0.2) is 11.8 Å². The van der Waals surface area contributed by atoms with E-state index in [1.54, 1.807) is 0 Å². The second kappa shape index (κ2) is 12.2. The Morgan fingerprint density at radius 1 is 0.618 bits per heavy atom. The molecule has 0 aliphatic carbocycles. The highest BCUT2D eigenvalue weighted by atomic mass is 35.5. The van der Waals surface area contributed by atoms with Crippen LogP contribution in [0.15, 0.2) is 131 Å². The van der Waals surface area contributed by atoms with Crippen molar-refractivity contribution >= 4 is 52.3 Å². The van der Waals surface area contributed by atoms with Crippen LogP contribution >= 0.6 is 30.5 Å². The van der Waals surface area contributed by atoms with Crippen molar-refractivity contribution < 1.29 is 17.2 Å². The first kappa shape index (κ1) is 26.0. The molecule has 1 amide bonds. The number of nitrogens with one attached hydrogen (secondary N) is 1. The van der Waals surface area contributed by atoms with Gasteiger partial charge in [-0.25, -0.2) is 0 Å². The number of rotatable bonds is 7. The van der Waals surface area contributed by atoms with Crippen LogP contribution in [0, 0.1) is 0 Å². The fourth-order valence-corrected chi connectivity index (χ4v) is 8.93. The maximum atomic E-state index is 13.2. The van der Waals surface area contributed by atoms with Crippen LogP contribution in [0.5, 0.6) is 0 Å². The average Bonchev–Trinajstić information content (AvgIpc) is 2.86. The van der Waals surface area contributed by atoms with Gasteiger partial charge in [-0.2, -0.15) is 0 Å². The Hall–Kier alpha value is -2.61. The molecule has 0 atom stereocenters. The second-order valence-electron chi connectivity index (χ2n) is 7.50. The van der Waals surface area contributed by atoms with Crippen LogP contribution in [0.2, 0.25) is 0 Å². The van der Waals surface area contributed by atoms with Gasteiger partial charge in [0.05, 0.1) is 6.42 Å². The molecule has 6 heteroatoms. The monoisotopic (exact) mass is 525 g/mol. The summed E-state index contributed by atoms with van der Waals surface area (Å²) in [6, 6.07) is 40.0. The Morgan fingerprint density at radius 3 is 1.32 bits per heavy atom. The number of carbonyl (C=O) groups excluding carboxylic acids is 1. The molecular formula is C28H23Cl3NOP. The van der Waals surface area contributed by atoms with Crippen molar-refractivity contribution in [3.63, 3.8) is 0 Å². The summed E-state index contributed by atoms with van der Waals surface area (Å²) in [5.41, 5.74) is 1.46. The van der Waals surface area contributed by atoms with Crippen molar-refractivity contribution in [2.24, 2.45) is 0 Å². The van der Waals surface area contributed by atoms with Gasteiger partial charge in [0.2, 0.25) is 11.3 Å². The number of hydrogen-bond acceptors (Lipinski definition) is 1. The lowest BCUT2D eigenvalue weighted by atomic mass is 10.1. The Morgan fingerprint density at radius 2 is 0.971 bits per heavy atom. The summed E-state index contributed by atoms with van der Waals surface area (Å²) in [7, 11) is -2.59. The molecule has 0 fully saturated rings. The van der Waals surface area contributed by atoms with Gasteiger partial charge in [-0.3, -0.25) is 10.1 Å². The van der Waals surface area contributed by atoms with E-state index in [9.17, 15) is 4.79 Å². The summed E-state index contributed by atoms with van der Waals surface area (Å²) in [4.78, 5) is 13.2. The van der Waals surface area contributed by atoms with Gasteiger partial charge >= 0.3 is 0 Å². The van der Waals surface area contributed by atoms with E-state index < -0.39 is 7.26 Å². The quantitative estimate of drug-likeness (QED) is 0.369. The zero-order valence-corrected chi connectivity index (χ0v) is 21.4. The molecule has 172 valence electrons. The summed E-state index contributed by atoms with van der Waals surface area (Å²) >= 11 is 13.2. The lowest BCUT2D eigenvalue weighted by molar-refractivity contribution is -0.119. The van der Waals surface area contributed by atoms with Crippen molar-refractivity contribution in [2.45, 2.75) is 6.42 Å². The van der Waals surface area contributed by atoms with E-state index >= 15 is 0 Å². The maximum absolute atomic E-state index is 13.2. The van der Waals surface area contributed by atoms with E-state index in [2.05, 4.69) is 41.7 Å². The smallest absolute Gasteiger partial charge is 0.231 e. The molecule has 0 spiro atoms. The first-order chi connectivity index (χ1) is 16.1. The van der Waals surface area contributed by atoms with Crippen LogP contribution in [-0.2, 0) is 11.2 Å². The third-order valence-electron chi connectivity index (χ3n) is 5.41. The normalized spacial score (nSPS) is 10.6. The molecule has 4 rings (SSSR count).